The summed E-state index contributed by atoms with van der Waals surface area (Å²) in [6.45, 7) is -0.0482. The summed E-state index contributed by atoms with van der Waals surface area (Å²) in [5.41, 5.74) is 0.574. The van der Waals surface area contributed by atoms with Gasteiger partial charge >= 0.3 is 5.97 Å². The van der Waals surface area contributed by atoms with E-state index in [2.05, 4.69) is 0 Å². The van der Waals surface area contributed by atoms with Gasteiger partial charge in [-0.1, -0.05) is 54.6 Å². The molecule has 1 aliphatic heterocycles. The molecule has 0 fully saturated rings. The number of hydrogen-bond acceptors (Lipinski definition) is 4. The molecule has 2 N–H and O–H groups in total. The summed E-state index contributed by atoms with van der Waals surface area (Å²) in [5.74, 6) is -3.88. The normalized spacial score (nSPS) is 16.5. The van der Waals surface area contributed by atoms with Gasteiger partial charge in [-0.3, -0.25) is 14.4 Å². The monoisotopic (exact) mass is 409 g/mol. The second-order valence-electron chi connectivity index (χ2n) is 6.79. The molecule has 1 aliphatic rings. The standard InChI is InChI=1S/C23H20FNO5/c24-17-10-5-4-9-16(17)21-20(18(26)13-12-15-7-2-1-3-8-15)22(29)23(30)25(21)14-6-11-19(27)28/h1-5,7-10,12-13,21,29H,6,11,14H2,(H,27,28)/b13-12+/t21-/m0/s1. The van der Waals surface area contributed by atoms with E-state index in [0.717, 1.165) is 10.5 Å². The second-order valence-corrected chi connectivity index (χ2v) is 6.79. The van der Waals surface area contributed by atoms with Crippen LogP contribution in [0.5, 0.6) is 0 Å². The molecular formula is C23H20FNO5. The predicted molar refractivity (Wildman–Crippen MR) is 108 cm³/mol. The molecule has 1 atom stereocenters. The van der Waals surface area contributed by atoms with Crippen molar-refractivity contribution in [1.29, 1.82) is 0 Å². The lowest BCUT2D eigenvalue weighted by molar-refractivity contribution is -0.138. The zero-order valence-corrected chi connectivity index (χ0v) is 16.0. The Hall–Kier alpha value is -3.74. The first-order valence-corrected chi connectivity index (χ1v) is 9.38. The van der Waals surface area contributed by atoms with Crippen molar-refractivity contribution in [3.63, 3.8) is 0 Å². The van der Waals surface area contributed by atoms with Crippen molar-refractivity contribution in [2.45, 2.75) is 18.9 Å². The lowest BCUT2D eigenvalue weighted by Gasteiger charge is -2.26. The Balaban J connectivity index is 1.96. The second kappa shape index (κ2) is 9.17. The third-order valence-electron chi connectivity index (χ3n) is 4.79. The Kier molecular flexibility index (Phi) is 6.41. The van der Waals surface area contributed by atoms with Gasteiger partial charge in [0.25, 0.3) is 5.91 Å². The van der Waals surface area contributed by atoms with Crippen LogP contribution >= 0.6 is 0 Å². The number of rotatable bonds is 8. The van der Waals surface area contributed by atoms with E-state index in [1.807, 2.05) is 6.07 Å². The fraction of sp³-hybridized carbons (Fsp3) is 0.174. The number of carbonyl (C=O) groups excluding carboxylic acids is 2. The fourth-order valence-electron chi connectivity index (χ4n) is 3.38. The summed E-state index contributed by atoms with van der Waals surface area (Å²) in [6, 6.07) is 13.5. The van der Waals surface area contributed by atoms with Gasteiger partial charge in [-0.2, -0.15) is 0 Å². The largest absolute Gasteiger partial charge is 0.503 e. The van der Waals surface area contributed by atoms with Gasteiger partial charge in [0.05, 0.1) is 11.6 Å². The van der Waals surface area contributed by atoms with E-state index in [4.69, 9.17) is 5.11 Å². The van der Waals surface area contributed by atoms with E-state index >= 15 is 0 Å². The van der Waals surface area contributed by atoms with Crippen molar-refractivity contribution >= 4 is 23.7 Å². The average Bonchev–Trinajstić information content (AvgIpc) is 2.98. The highest BCUT2D eigenvalue weighted by atomic mass is 19.1. The van der Waals surface area contributed by atoms with Crippen LogP contribution in [-0.4, -0.2) is 39.3 Å². The number of carboxylic acid groups (broad SMARTS) is 1. The minimum atomic E-state index is -1.14. The molecule has 0 bridgehead atoms. The van der Waals surface area contributed by atoms with Crippen LogP contribution in [-0.2, 0) is 14.4 Å². The van der Waals surface area contributed by atoms with E-state index in [9.17, 15) is 23.9 Å². The van der Waals surface area contributed by atoms with Gasteiger partial charge in [0.2, 0.25) is 0 Å². The number of carbonyl (C=O) groups is 3. The van der Waals surface area contributed by atoms with Crippen LogP contribution in [0.3, 0.4) is 0 Å². The highest BCUT2D eigenvalue weighted by Crippen LogP contribution is 2.39. The summed E-state index contributed by atoms with van der Waals surface area (Å²) in [6.07, 6.45) is 2.66. The van der Waals surface area contributed by atoms with Crippen LogP contribution in [0.15, 0.2) is 72.0 Å². The molecule has 7 heteroatoms. The number of aliphatic hydroxyl groups is 1. The van der Waals surface area contributed by atoms with Gasteiger partial charge in [0.15, 0.2) is 11.5 Å². The van der Waals surface area contributed by atoms with Crippen LogP contribution in [0.2, 0.25) is 0 Å². The van der Waals surface area contributed by atoms with Gasteiger partial charge in [-0.25, -0.2) is 4.39 Å². The maximum absolute atomic E-state index is 14.5. The molecule has 0 spiro atoms. The van der Waals surface area contributed by atoms with E-state index in [1.54, 1.807) is 36.4 Å². The SMILES string of the molecule is O=C(O)CCCN1C(=O)C(O)=C(C(=O)/C=C/c2ccccc2)[C@@H]1c1ccccc1F. The van der Waals surface area contributed by atoms with Crippen molar-refractivity contribution in [2.75, 3.05) is 6.54 Å². The van der Waals surface area contributed by atoms with Gasteiger partial charge < -0.3 is 15.1 Å². The molecule has 6 nitrogen and oxygen atoms in total. The Morgan fingerprint density at radius 2 is 1.73 bits per heavy atom. The first-order valence-electron chi connectivity index (χ1n) is 9.38. The number of carboxylic acids is 1. The lowest BCUT2D eigenvalue weighted by Crippen LogP contribution is -2.32. The number of aliphatic hydroxyl groups excluding tert-OH is 1. The van der Waals surface area contributed by atoms with Crippen molar-refractivity contribution in [3.8, 4) is 0 Å². The molecule has 3 rings (SSSR count). The van der Waals surface area contributed by atoms with E-state index in [0.29, 0.717) is 0 Å². The lowest BCUT2D eigenvalue weighted by atomic mass is 9.95. The number of aliphatic carboxylic acids is 1. The van der Waals surface area contributed by atoms with Gasteiger partial charge in [-0.05, 0) is 24.1 Å². The maximum Gasteiger partial charge on any atom is 0.303 e. The van der Waals surface area contributed by atoms with Crippen LogP contribution in [0.25, 0.3) is 6.08 Å². The van der Waals surface area contributed by atoms with Crippen LogP contribution in [0, 0.1) is 5.82 Å². The number of amides is 1. The molecule has 154 valence electrons. The maximum atomic E-state index is 14.5. The van der Waals surface area contributed by atoms with E-state index in [1.165, 1.54) is 24.3 Å². The fourth-order valence-corrected chi connectivity index (χ4v) is 3.38. The third-order valence-corrected chi connectivity index (χ3v) is 4.79. The quantitative estimate of drug-likeness (QED) is 0.649. The van der Waals surface area contributed by atoms with E-state index in [-0.39, 0.29) is 30.5 Å². The average molecular weight is 409 g/mol. The molecular weight excluding hydrogens is 389 g/mol. The molecule has 0 unspecified atom stereocenters. The van der Waals surface area contributed by atoms with Gasteiger partial charge in [0, 0.05) is 18.5 Å². The number of nitrogens with zero attached hydrogens (tertiary/aromatic N) is 1. The third kappa shape index (κ3) is 4.46. The summed E-state index contributed by atoms with van der Waals surface area (Å²) in [4.78, 5) is 37.5. The van der Waals surface area contributed by atoms with Crippen molar-refractivity contribution < 1.29 is 29.0 Å². The summed E-state index contributed by atoms with van der Waals surface area (Å²) in [7, 11) is 0. The highest BCUT2D eigenvalue weighted by molar-refractivity contribution is 6.14. The first-order chi connectivity index (χ1) is 14.4. The molecule has 1 amide bonds. The van der Waals surface area contributed by atoms with Crippen molar-refractivity contribution in [3.05, 3.63) is 88.9 Å². The molecule has 30 heavy (non-hydrogen) atoms. The number of benzene rings is 2. The molecule has 0 radical (unpaired) electrons. The van der Waals surface area contributed by atoms with Gasteiger partial charge in [-0.15, -0.1) is 0 Å². The van der Waals surface area contributed by atoms with Crippen molar-refractivity contribution in [2.24, 2.45) is 0 Å². The Morgan fingerprint density at radius 1 is 1.07 bits per heavy atom. The molecule has 0 saturated heterocycles. The molecule has 0 aromatic heterocycles. The Labute approximate surface area is 172 Å². The predicted octanol–water partition coefficient (Wildman–Crippen LogP) is 3.67. The zero-order valence-electron chi connectivity index (χ0n) is 16.0. The Bertz CT molecular complexity index is 1030. The number of ketones is 1. The van der Waals surface area contributed by atoms with Crippen molar-refractivity contribution in [1.82, 2.24) is 4.90 Å². The molecule has 1 heterocycles. The van der Waals surface area contributed by atoms with E-state index < -0.39 is 35.3 Å². The number of allylic oxidation sites excluding steroid dienone is 1. The zero-order chi connectivity index (χ0) is 21.7. The highest BCUT2D eigenvalue weighted by Gasteiger charge is 2.43. The number of hydrogen-bond donors (Lipinski definition) is 2. The topological polar surface area (TPSA) is 94.9 Å². The first kappa shape index (κ1) is 21.0. The summed E-state index contributed by atoms with van der Waals surface area (Å²) in [5, 5.41) is 19.3. The van der Waals surface area contributed by atoms with Crippen LogP contribution in [0.1, 0.15) is 30.0 Å². The van der Waals surface area contributed by atoms with Crippen LogP contribution in [0.4, 0.5) is 4.39 Å². The molecule has 2 aromatic carbocycles. The minimum absolute atomic E-state index is 0.0482. The Morgan fingerprint density at radius 3 is 2.40 bits per heavy atom. The molecule has 0 aliphatic carbocycles. The molecule has 2 aromatic rings. The number of halogens is 1. The summed E-state index contributed by atoms with van der Waals surface area (Å²) >= 11 is 0. The van der Waals surface area contributed by atoms with Gasteiger partial charge in [0.1, 0.15) is 5.82 Å². The van der Waals surface area contributed by atoms with Crippen LogP contribution < -0.4 is 0 Å². The smallest absolute Gasteiger partial charge is 0.303 e. The minimum Gasteiger partial charge on any atom is -0.503 e. The molecule has 0 saturated carbocycles. The summed E-state index contributed by atoms with van der Waals surface area (Å²) < 4.78 is 14.5.